The highest BCUT2D eigenvalue weighted by atomic mass is 16.5. The average Bonchev–Trinajstić information content (AvgIpc) is 3.27. The van der Waals surface area contributed by atoms with Gasteiger partial charge >= 0.3 is 5.97 Å². The maximum absolute atomic E-state index is 12.4. The Hall–Kier alpha value is -2.18. The van der Waals surface area contributed by atoms with Gasteiger partial charge < -0.3 is 20.3 Å². The second-order valence-corrected chi connectivity index (χ2v) is 18.2. The first-order valence-corrected chi connectivity index (χ1v) is 26.9. The van der Waals surface area contributed by atoms with E-state index in [9.17, 15) is 19.8 Å². The van der Waals surface area contributed by atoms with Gasteiger partial charge in [-0.3, -0.25) is 9.59 Å². The maximum Gasteiger partial charge on any atom is 0.305 e. The summed E-state index contributed by atoms with van der Waals surface area (Å²) in [5.41, 5.74) is 0. The van der Waals surface area contributed by atoms with Crippen LogP contribution in [0.1, 0.15) is 271 Å². The lowest BCUT2D eigenvalue weighted by Crippen LogP contribution is -2.45. The Morgan fingerprint density at radius 1 is 0.452 bits per heavy atom. The minimum atomic E-state index is -0.862. The van der Waals surface area contributed by atoms with Crippen LogP contribution in [0.5, 0.6) is 0 Å². The van der Waals surface area contributed by atoms with Crippen molar-refractivity contribution in [2.45, 2.75) is 283 Å². The van der Waals surface area contributed by atoms with Crippen molar-refractivity contribution in [3.05, 3.63) is 48.6 Å². The Morgan fingerprint density at radius 2 is 0.806 bits per heavy atom. The standard InChI is InChI=1S/C56H103NO5/c1-3-5-7-9-11-13-15-17-19-20-21-23-25-30-34-38-42-46-50-56(61)62-51-47-43-39-35-31-27-26-29-33-37-41-45-49-55(60)57-53(52-58)54(59)48-44-40-36-32-28-24-22-18-16-14-12-10-8-6-4-2/h13,15,19-20,27,31,44,48,53-54,58-59H,3-12,14,16-18,21-26,28-30,32-43,45-47,49-52H2,1-2H3,(H,57,60)/b15-13-,20-19-,31-27-,48-44+. The summed E-state index contributed by atoms with van der Waals surface area (Å²) in [6, 6.07) is -0.648. The molecule has 0 aliphatic heterocycles. The van der Waals surface area contributed by atoms with Crippen molar-refractivity contribution in [1.82, 2.24) is 5.32 Å². The maximum atomic E-state index is 12.4. The Morgan fingerprint density at radius 3 is 1.26 bits per heavy atom. The smallest absolute Gasteiger partial charge is 0.305 e. The molecular formula is C56H103NO5. The number of aliphatic hydroxyl groups is 2. The molecule has 0 heterocycles. The van der Waals surface area contributed by atoms with Gasteiger partial charge in [0.2, 0.25) is 5.91 Å². The third-order valence-corrected chi connectivity index (χ3v) is 12.1. The predicted octanol–water partition coefficient (Wildman–Crippen LogP) is 16.2. The Bertz CT molecular complexity index is 1050. The largest absolute Gasteiger partial charge is 0.466 e. The number of hydrogen-bond donors (Lipinski definition) is 3. The van der Waals surface area contributed by atoms with Crippen molar-refractivity contribution in [3.8, 4) is 0 Å². The molecule has 0 bridgehead atoms. The molecule has 0 saturated carbocycles. The molecule has 0 aliphatic carbocycles. The number of amides is 1. The minimum Gasteiger partial charge on any atom is -0.466 e. The summed E-state index contributed by atoms with van der Waals surface area (Å²) < 4.78 is 5.45. The number of aliphatic hydroxyl groups excluding tert-OH is 2. The van der Waals surface area contributed by atoms with Gasteiger partial charge in [-0.05, 0) is 96.3 Å². The van der Waals surface area contributed by atoms with E-state index in [0.717, 1.165) is 89.9 Å². The zero-order chi connectivity index (χ0) is 45.1. The van der Waals surface area contributed by atoms with E-state index in [2.05, 4.69) is 55.6 Å². The summed E-state index contributed by atoms with van der Waals surface area (Å²) in [5.74, 6) is -0.127. The Labute approximate surface area is 385 Å². The average molecular weight is 870 g/mol. The number of rotatable bonds is 49. The summed E-state index contributed by atoms with van der Waals surface area (Å²) in [5, 5.41) is 23.0. The molecule has 6 heteroatoms. The number of allylic oxidation sites excluding steroid dienone is 7. The van der Waals surface area contributed by atoms with Crippen molar-refractivity contribution in [3.63, 3.8) is 0 Å². The lowest BCUT2D eigenvalue weighted by atomic mass is 10.0. The highest BCUT2D eigenvalue weighted by Gasteiger charge is 2.18. The van der Waals surface area contributed by atoms with Crippen LogP contribution in [-0.4, -0.2) is 47.4 Å². The molecule has 362 valence electrons. The molecule has 0 aliphatic rings. The monoisotopic (exact) mass is 870 g/mol. The molecule has 1 amide bonds. The summed E-state index contributed by atoms with van der Waals surface area (Å²) in [6.45, 7) is 4.82. The Kier molecular flexibility index (Phi) is 49.6. The molecule has 0 aromatic heterocycles. The van der Waals surface area contributed by atoms with Crippen LogP contribution in [-0.2, 0) is 14.3 Å². The van der Waals surface area contributed by atoms with Gasteiger partial charge in [-0.25, -0.2) is 0 Å². The van der Waals surface area contributed by atoms with Crippen LogP contribution >= 0.6 is 0 Å². The molecule has 3 N–H and O–H groups in total. The predicted molar refractivity (Wildman–Crippen MR) is 269 cm³/mol. The van der Waals surface area contributed by atoms with Crippen LogP contribution in [0.2, 0.25) is 0 Å². The SMILES string of the molecule is CCCCCC/C=C\C/C=C\CCCCCCCCCC(=O)OCCCCC/C=C\CCCCCCCC(=O)NC(CO)C(O)/C=C/CCCCCCCCCCCCCCC. The van der Waals surface area contributed by atoms with Gasteiger partial charge in [0.15, 0.2) is 0 Å². The van der Waals surface area contributed by atoms with Crippen molar-refractivity contribution in [1.29, 1.82) is 0 Å². The molecule has 0 fully saturated rings. The molecule has 0 rings (SSSR count). The van der Waals surface area contributed by atoms with Gasteiger partial charge in [-0.1, -0.05) is 210 Å². The second kappa shape index (κ2) is 51.5. The molecule has 0 spiro atoms. The number of unbranched alkanes of at least 4 members (excludes halogenated alkanes) is 32. The molecule has 6 nitrogen and oxygen atoms in total. The van der Waals surface area contributed by atoms with Crippen LogP contribution in [0.3, 0.4) is 0 Å². The molecule has 0 aromatic rings. The van der Waals surface area contributed by atoms with Crippen LogP contribution in [0.25, 0.3) is 0 Å². The van der Waals surface area contributed by atoms with E-state index < -0.39 is 12.1 Å². The highest BCUT2D eigenvalue weighted by Crippen LogP contribution is 2.15. The van der Waals surface area contributed by atoms with Crippen LogP contribution in [0, 0.1) is 0 Å². The van der Waals surface area contributed by atoms with Crippen molar-refractivity contribution < 1.29 is 24.5 Å². The number of esters is 1. The normalized spacial score (nSPS) is 13.0. The van der Waals surface area contributed by atoms with E-state index in [4.69, 9.17) is 4.74 Å². The van der Waals surface area contributed by atoms with Gasteiger partial charge in [0.1, 0.15) is 0 Å². The lowest BCUT2D eigenvalue weighted by Gasteiger charge is -2.20. The van der Waals surface area contributed by atoms with Gasteiger partial charge in [0.25, 0.3) is 0 Å². The lowest BCUT2D eigenvalue weighted by molar-refractivity contribution is -0.143. The number of carbonyl (C=O) groups excluding carboxylic acids is 2. The van der Waals surface area contributed by atoms with Crippen molar-refractivity contribution in [2.24, 2.45) is 0 Å². The van der Waals surface area contributed by atoms with E-state index in [1.165, 1.54) is 154 Å². The van der Waals surface area contributed by atoms with Gasteiger partial charge in [-0.2, -0.15) is 0 Å². The summed E-state index contributed by atoms with van der Waals surface area (Å²) >= 11 is 0. The second-order valence-electron chi connectivity index (χ2n) is 18.2. The first kappa shape index (κ1) is 59.8. The number of ether oxygens (including phenoxy) is 1. The third kappa shape index (κ3) is 47.3. The molecule has 0 saturated heterocycles. The van der Waals surface area contributed by atoms with E-state index in [0.29, 0.717) is 19.4 Å². The zero-order valence-corrected chi connectivity index (χ0v) is 41.1. The molecule has 2 atom stereocenters. The first-order chi connectivity index (χ1) is 30.5. The summed E-state index contributed by atoms with van der Waals surface area (Å²) in [6.07, 6.45) is 64.0. The van der Waals surface area contributed by atoms with Gasteiger partial charge in [0, 0.05) is 12.8 Å². The molecule has 0 radical (unpaired) electrons. The first-order valence-electron chi connectivity index (χ1n) is 26.9. The summed E-state index contributed by atoms with van der Waals surface area (Å²) in [4.78, 5) is 24.5. The van der Waals surface area contributed by atoms with E-state index in [1.807, 2.05) is 6.08 Å². The third-order valence-electron chi connectivity index (χ3n) is 12.1. The minimum absolute atomic E-state index is 0.0324. The number of carbonyl (C=O) groups is 2. The van der Waals surface area contributed by atoms with E-state index >= 15 is 0 Å². The fourth-order valence-corrected chi connectivity index (χ4v) is 7.89. The van der Waals surface area contributed by atoms with Crippen molar-refractivity contribution in [2.75, 3.05) is 13.2 Å². The van der Waals surface area contributed by atoms with Crippen LogP contribution < -0.4 is 5.32 Å². The van der Waals surface area contributed by atoms with Crippen molar-refractivity contribution >= 4 is 11.9 Å². The highest BCUT2D eigenvalue weighted by molar-refractivity contribution is 5.76. The van der Waals surface area contributed by atoms with E-state index in [1.54, 1.807) is 6.08 Å². The number of nitrogens with one attached hydrogen (secondary N) is 1. The Balaban J connectivity index is 3.54. The quantitative estimate of drug-likeness (QED) is 0.0322. The van der Waals surface area contributed by atoms with E-state index in [-0.39, 0.29) is 18.5 Å². The van der Waals surface area contributed by atoms with Crippen LogP contribution in [0.4, 0.5) is 0 Å². The van der Waals surface area contributed by atoms with Gasteiger partial charge in [0.05, 0.1) is 25.4 Å². The zero-order valence-electron chi connectivity index (χ0n) is 41.1. The topological polar surface area (TPSA) is 95.9 Å². The fraction of sp³-hybridized carbons (Fsp3) is 0.821. The fourth-order valence-electron chi connectivity index (χ4n) is 7.89. The molecular weight excluding hydrogens is 767 g/mol. The molecule has 2 unspecified atom stereocenters. The summed E-state index contributed by atoms with van der Waals surface area (Å²) in [7, 11) is 0. The molecule has 62 heavy (non-hydrogen) atoms. The number of hydrogen-bond acceptors (Lipinski definition) is 5. The molecule has 0 aromatic carbocycles. The van der Waals surface area contributed by atoms with Gasteiger partial charge in [-0.15, -0.1) is 0 Å². The van der Waals surface area contributed by atoms with Crippen LogP contribution in [0.15, 0.2) is 48.6 Å².